The molecule has 0 bridgehead atoms. The summed E-state index contributed by atoms with van der Waals surface area (Å²) in [6.45, 7) is 1.69. The van der Waals surface area contributed by atoms with Crippen molar-refractivity contribution in [2.24, 2.45) is 7.05 Å². The molecule has 0 N–H and O–H groups in total. The fraction of sp³-hybridized carbons (Fsp3) is 0.333. The maximum Gasteiger partial charge on any atom is 0.272 e. The quantitative estimate of drug-likeness (QED) is 0.594. The van der Waals surface area contributed by atoms with Crippen LogP contribution in [0.5, 0.6) is 17.2 Å². The second-order valence-electron chi connectivity index (χ2n) is 7.82. The van der Waals surface area contributed by atoms with Crippen molar-refractivity contribution in [3.63, 3.8) is 0 Å². The molecule has 1 aromatic heterocycles. The van der Waals surface area contributed by atoms with Gasteiger partial charge in [-0.3, -0.25) is 9.48 Å². The molecule has 1 fully saturated rings. The van der Waals surface area contributed by atoms with E-state index in [1.54, 1.807) is 11.8 Å². The molecule has 2 aromatic carbocycles. The van der Waals surface area contributed by atoms with Crippen molar-refractivity contribution in [2.75, 3.05) is 32.7 Å². The third kappa shape index (κ3) is 4.02. The van der Waals surface area contributed by atoms with Crippen molar-refractivity contribution in [1.82, 2.24) is 14.7 Å². The second-order valence-corrected chi connectivity index (χ2v) is 9.13. The maximum absolute atomic E-state index is 13.3. The van der Waals surface area contributed by atoms with Crippen LogP contribution >= 0.6 is 11.8 Å². The Morgan fingerprint density at radius 2 is 2.00 bits per heavy atom. The number of aromatic nitrogens is 2. The van der Waals surface area contributed by atoms with Gasteiger partial charge in [-0.1, -0.05) is 18.2 Å². The van der Waals surface area contributed by atoms with Crippen LogP contribution in [0.25, 0.3) is 11.3 Å². The molecule has 166 valence electrons. The molecular weight excluding hydrogens is 426 g/mol. The van der Waals surface area contributed by atoms with Gasteiger partial charge < -0.3 is 19.1 Å². The predicted octanol–water partition coefficient (Wildman–Crippen LogP) is 4.14. The summed E-state index contributed by atoms with van der Waals surface area (Å²) in [5.74, 6) is 3.26. The highest BCUT2D eigenvalue weighted by Crippen LogP contribution is 2.40. The number of nitrogens with zero attached hydrogens (tertiary/aromatic N) is 3. The molecule has 0 aliphatic carbocycles. The minimum atomic E-state index is 0.0149. The largest absolute Gasteiger partial charge is 0.497 e. The van der Waals surface area contributed by atoms with E-state index in [9.17, 15) is 4.79 Å². The first-order valence-corrected chi connectivity index (χ1v) is 11.7. The summed E-state index contributed by atoms with van der Waals surface area (Å²) in [6.07, 6.45) is 0.886. The van der Waals surface area contributed by atoms with Crippen LogP contribution in [0, 0.1) is 0 Å². The SMILES string of the molecule is COc1cccc(-c2cc(C(=O)N3CCSC(c4ccc5c(c4)OCO5)CC3)n(C)n2)c1. The van der Waals surface area contributed by atoms with Gasteiger partial charge in [0.05, 0.1) is 12.8 Å². The number of rotatable bonds is 4. The second kappa shape index (κ2) is 8.78. The molecule has 5 rings (SSSR count). The van der Waals surface area contributed by atoms with Crippen molar-refractivity contribution >= 4 is 17.7 Å². The van der Waals surface area contributed by atoms with E-state index in [0.717, 1.165) is 40.7 Å². The van der Waals surface area contributed by atoms with Crippen molar-refractivity contribution in [3.8, 4) is 28.5 Å². The van der Waals surface area contributed by atoms with Gasteiger partial charge in [-0.05, 0) is 42.3 Å². The smallest absolute Gasteiger partial charge is 0.272 e. The average Bonchev–Trinajstić information content (AvgIpc) is 3.37. The zero-order valence-electron chi connectivity index (χ0n) is 18.1. The predicted molar refractivity (Wildman–Crippen MR) is 123 cm³/mol. The van der Waals surface area contributed by atoms with Gasteiger partial charge in [0.25, 0.3) is 5.91 Å². The zero-order chi connectivity index (χ0) is 22.1. The number of fused-ring (bicyclic) bond motifs is 1. The fourth-order valence-corrected chi connectivity index (χ4v) is 5.33. The molecule has 1 saturated heterocycles. The van der Waals surface area contributed by atoms with Crippen LogP contribution < -0.4 is 14.2 Å². The lowest BCUT2D eigenvalue weighted by atomic mass is 10.1. The van der Waals surface area contributed by atoms with Gasteiger partial charge in [0, 0.05) is 36.7 Å². The third-order valence-corrected chi connectivity index (χ3v) is 7.19. The highest BCUT2D eigenvalue weighted by Gasteiger charge is 2.26. The summed E-state index contributed by atoms with van der Waals surface area (Å²) >= 11 is 1.88. The van der Waals surface area contributed by atoms with Crippen LogP contribution in [0.1, 0.15) is 27.7 Å². The number of ether oxygens (including phenoxy) is 3. The van der Waals surface area contributed by atoms with Gasteiger partial charge in [0.2, 0.25) is 6.79 Å². The third-order valence-electron chi connectivity index (χ3n) is 5.86. The maximum atomic E-state index is 13.3. The van der Waals surface area contributed by atoms with E-state index in [0.29, 0.717) is 24.0 Å². The van der Waals surface area contributed by atoms with Crippen LogP contribution in [0.3, 0.4) is 0 Å². The molecule has 2 aliphatic heterocycles. The monoisotopic (exact) mass is 451 g/mol. The first-order valence-electron chi connectivity index (χ1n) is 10.6. The van der Waals surface area contributed by atoms with Gasteiger partial charge in [0.1, 0.15) is 11.4 Å². The lowest BCUT2D eigenvalue weighted by Gasteiger charge is -2.20. The van der Waals surface area contributed by atoms with Crippen LogP contribution in [0.2, 0.25) is 0 Å². The molecular formula is C24H25N3O4S. The number of amides is 1. The molecule has 0 saturated carbocycles. The highest BCUT2D eigenvalue weighted by atomic mass is 32.2. The van der Waals surface area contributed by atoms with E-state index in [1.807, 2.05) is 60.1 Å². The first kappa shape index (κ1) is 20.8. The molecule has 0 radical (unpaired) electrons. The number of carbonyl (C=O) groups excluding carboxylic acids is 1. The molecule has 0 spiro atoms. The van der Waals surface area contributed by atoms with Crippen LogP contribution in [-0.2, 0) is 7.05 Å². The standard InChI is InChI=1S/C24H25N3O4S/c1-26-20(14-19(25-26)16-4-3-5-18(12-16)29-2)24(28)27-9-8-23(32-11-10-27)17-6-7-21-22(13-17)31-15-30-21/h3-7,12-14,23H,8-11,15H2,1-2H3. The molecule has 32 heavy (non-hydrogen) atoms. The molecule has 1 unspecified atom stereocenters. The number of hydrogen-bond acceptors (Lipinski definition) is 6. The minimum Gasteiger partial charge on any atom is -0.497 e. The normalized spacial score (nSPS) is 17.8. The highest BCUT2D eigenvalue weighted by molar-refractivity contribution is 7.99. The number of aryl methyl sites for hydroxylation is 1. The summed E-state index contributed by atoms with van der Waals surface area (Å²) < 4.78 is 17.9. The Balaban J connectivity index is 1.30. The topological polar surface area (TPSA) is 65.8 Å². The Labute approximate surface area is 191 Å². The van der Waals surface area contributed by atoms with Gasteiger partial charge >= 0.3 is 0 Å². The Hall–Kier alpha value is -3.13. The first-order chi connectivity index (χ1) is 15.6. The minimum absolute atomic E-state index is 0.0149. The summed E-state index contributed by atoms with van der Waals surface area (Å²) in [6, 6.07) is 15.7. The van der Waals surface area contributed by atoms with Crippen molar-refractivity contribution < 1.29 is 19.0 Å². The van der Waals surface area contributed by atoms with E-state index in [2.05, 4.69) is 17.2 Å². The number of hydrogen-bond donors (Lipinski definition) is 0. The van der Waals surface area contributed by atoms with Gasteiger partial charge in [-0.25, -0.2) is 0 Å². The van der Waals surface area contributed by atoms with Gasteiger partial charge in [-0.2, -0.15) is 16.9 Å². The van der Waals surface area contributed by atoms with Crippen LogP contribution in [0.15, 0.2) is 48.5 Å². The Morgan fingerprint density at radius 3 is 2.88 bits per heavy atom. The molecule has 1 amide bonds. The summed E-state index contributed by atoms with van der Waals surface area (Å²) in [4.78, 5) is 15.3. The summed E-state index contributed by atoms with van der Waals surface area (Å²) in [7, 11) is 3.46. The van der Waals surface area contributed by atoms with Crippen molar-refractivity contribution in [3.05, 3.63) is 59.8 Å². The molecule has 3 heterocycles. The van der Waals surface area contributed by atoms with Crippen molar-refractivity contribution in [1.29, 1.82) is 0 Å². The summed E-state index contributed by atoms with van der Waals surface area (Å²) in [5, 5.41) is 4.89. The summed E-state index contributed by atoms with van der Waals surface area (Å²) in [5.41, 5.74) is 3.49. The van der Waals surface area contributed by atoms with E-state index >= 15 is 0 Å². The molecule has 1 atom stereocenters. The van der Waals surface area contributed by atoms with Gasteiger partial charge in [0.15, 0.2) is 11.5 Å². The molecule has 7 nitrogen and oxygen atoms in total. The van der Waals surface area contributed by atoms with E-state index in [4.69, 9.17) is 14.2 Å². The number of benzene rings is 2. The van der Waals surface area contributed by atoms with E-state index in [1.165, 1.54) is 5.56 Å². The lowest BCUT2D eigenvalue weighted by Crippen LogP contribution is -2.34. The fourth-order valence-electron chi connectivity index (χ4n) is 4.11. The Bertz CT molecular complexity index is 1150. The van der Waals surface area contributed by atoms with Crippen molar-refractivity contribution in [2.45, 2.75) is 11.7 Å². The van der Waals surface area contributed by atoms with Gasteiger partial charge in [-0.15, -0.1) is 0 Å². The molecule has 8 heteroatoms. The molecule has 3 aromatic rings. The average molecular weight is 452 g/mol. The number of carbonyl (C=O) groups is 1. The van der Waals surface area contributed by atoms with E-state index in [-0.39, 0.29) is 12.7 Å². The Morgan fingerprint density at radius 1 is 1.12 bits per heavy atom. The number of thioether (sulfide) groups is 1. The van der Waals surface area contributed by atoms with Crippen LogP contribution in [-0.4, -0.2) is 53.3 Å². The molecule has 2 aliphatic rings. The lowest BCUT2D eigenvalue weighted by molar-refractivity contribution is 0.0755. The van der Waals surface area contributed by atoms with Crippen LogP contribution in [0.4, 0.5) is 0 Å². The van der Waals surface area contributed by atoms with E-state index < -0.39 is 0 Å². The Kier molecular flexibility index (Phi) is 5.70. The number of methoxy groups -OCH3 is 1. The zero-order valence-corrected chi connectivity index (χ0v) is 18.9.